The Morgan fingerprint density at radius 2 is 2.00 bits per heavy atom. The second-order valence-corrected chi connectivity index (χ2v) is 9.64. The van der Waals surface area contributed by atoms with E-state index in [1.807, 2.05) is 35.6 Å². The fraction of sp³-hybridized carbons (Fsp3) is 0.600. The van der Waals surface area contributed by atoms with Crippen LogP contribution >= 0.6 is 0 Å². The Kier molecular flexibility index (Phi) is 8.77. The number of unbranched alkanes of at least 4 members (excludes halogenated alkanes) is 1. The molecule has 0 saturated carbocycles. The predicted molar refractivity (Wildman–Crippen MR) is 128 cm³/mol. The molecule has 0 spiro atoms. The molecule has 0 bridgehead atoms. The summed E-state index contributed by atoms with van der Waals surface area (Å²) in [6.07, 6.45) is 6.24. The van der Waals surface area contributed by atoms with Crippen LogP contribution in [0.3, 0.4) is 0 Å². The number of azo groups is 1. The first-order chi connectivity index (χ1) is 15.4. The molecule has 1 aromatic heterocycles. The number of aromatic nitrogens is 2. The lowest BCUT2D eigenvalue weighted by Gasteiger charge is -2.48. The lowest BCUT2D eigenvalue weighted by atomic mass is 9.79. The van der Waals surface area contributed by atoms with Gasteiger partial charge in [-0.15, -0.1) is 0 Å². The lowest BCUT2D eigenvalue weighted by molar-refractivity contribution is -0.657. The average Bonchev–Trinajstić information content (AvgIpc) is 3.04. The third-order valence-electron chi connectivity index (χ3n) is 6.17. The number of carboxylic acid groups (broad SMARTS) is 1. The van der Waals surface area contributed by atoms with E-state index in [1.54, 1.807) is 0 Å². The van der Waals surface area contributed by atoms with Crippen molar-refractivity contribution >= 4 is 23.3 Å². The van der Waals surface area contributed by atoms with Gasteiger partial charge in [0.1, 0.15) is 5.69 Å². The minimum Gasteiger partial charge on any atom is -0.547 e. The van der Waals surface area contributed by atoms with Gasteiger partial charge in [0.2, 0.25) is 0 Å². The number of aryl methyl sites for hydroxylation is 3. The van der Waals surface area contributed by atoms with E-state index in [-0.39, 0.29) is 5.54 Å². The van der Waals surface area contributed by atoms with Gasteiger partial charge < -0.3 is 19.9 Å². The van der Waals surface area contributed by atoms with Crippen LogP contribution in [0.1, 0.15) is 70.9 Å². The van der Waals surface area contributed by atoms with Crippen molar-refractivity contribution in [3.8, 4) is 0 Å². The molecule has 8 nitrogen and oxygen atoms in total. The van der Waals surface area contributed by atoms with Gasteiger partial charge in [-0.1, -0.05) is 25.4 Å². The third kappa shape index (κ3) is 6.41. The van der Waals surface area contributed by atoms with Gasteiger partial charge in [-0.2, -0.15) is 0 Å². The van der Waals surface area contributed by atoms with Gasteiger partial charge >= 0.3 is 5.95 Å². The molecule has 3 rings (SSSR count). The Balaban J connectivity index is 0.000000569. The van der Waals surface area contributed by atoms with Crippen LogP contribution in [0.15, 0.2) is 34.8 Å². The molecule has 0 amide bonds. The van der Waals surface area contributed by atoms with Crippen molar-refractivity contribution in [3.63, 3.8) is 0 Å². The predicted octanol–water partition coefficient (Wildman–Crippen LogP) is 3.58. The quantitative estimate of drug-likeness (QED) is 0.530. The number of benzene rings is 1. The first-order valence-electron chi connectivity index (χ1n) is 11.6. The molecule has 0 fully saturated rings. The van der Waals surface area contributed by atoms with Crippen LogP contribution in [-0.4, -0.2) is 33.8 Å². The molecule has 0 radical (unpaired) electrons. The van der Waals surface area contributed by atoms with E-state index in [2.05, 4.69) is 61.9 Å². The number of hydrogen-bond donors (Lipinski definition) is 1. The van der Waals surface area contributed by atoms with Crippen LogP contribution in [0.4, 0.5) is 17.3 Å². The zero-order valence-electron chi connectivity index (χ0n) is 21.3. The molecule has 1 aliphatic rings. The number of aliphatic hydroxyl groups is 1. The molecule has 2 heterocycles. The molecule has 8 heteroatoms. The van der Waals surface area contributed by atoms with E-state index in [1.165, 1.54) is 29.7 Å². The zero-order chi connectivity index (χ0) is 24.9. The highest BCUT2D eigenvalue weighted by Crippen LogP contribution is 2.45. The molecule has 2 unspecified atom stereocenters. The Hall–Kier alpha value is -2.74. The maximum atomic E-state index is 9.34. The Labute approximate surface area is 197 Å². The number of nitrogens with zero attached hydrogens (tertiary/aromatic N) is 5. The van der Waals surface area contributed by atoms with Gasteiger partial charge in [0, 0.05) is 22.9 Å². The number of rotatable bonds is 6. The molecule has 1 N–H and O–H groups in total. The van der Waals surface area contributed by atoms with Gasteiger partial charge in [0.15, 0.2) is 0 Å². The standard InChI is InChI=1S/C22H34N5.C3H6O3/c1-8-9-10-27-20-13-16(2)19(14-18(20)17(3)15-22(27,4)5)23-24-21-25(6)11-12-26(21)7;1-2(4)3(5)6/h11-14,17H,8-10,15H2,1-7H3;2,4H,1H3,(H,5,6)/q+1;/p-1. The molecule has 1 aliphatic heterocycles. The summed E-state index contributed by atoms with van der Waals surface area (Å²) in [4.78, 5) is 11.9. The monoisotopic (exact) mass is 457 g/mol. The number of imidazole rings is 1. The summed E-state index contributed by atoms with van der Waals surface area (Å²) in [6.45, 7) is 13.7. The highest BCUT2D eigenvalue weighted by Gasteiger charge is 2.36. The van der Waals surface area contributed by atoms with Crippen molar-refractivity contribution in [2.24, 2.45) is 24.3 Å². The SMILES string of the molecule is CC(O)C(=O)[O-].CCCCN1c2cc(C)c(N=Nc3n(C)cc[n+]3C)cc2C(C)CC1(C)C. The summed E-state index contributed by atoms with van der Waals surface area (Å²) in [7, 11) is 3.98. The lowest BCUT2D eigenvalue weighted by Crippen LogP contribution is -2.48. The molecule has 1 aromatic carbocycles. The molecule has 2 atom stereocenters. The van der Waals surface area contributed by atoms with E-state index in [0.29, 0.717) is 5.92 Å². The first-order valence-corrected chi connectivity index (χ1v) is 11.6. The Bertz CT molecular complexity index is 975. The van der Waals surface area contributed by atoms with E-state index >= 15 is 0 Å². The van der Waals surface area contributed by atoms with Crippen LogP contribution in [-0.2, 0) is 18.9 Å². The van der Waals surface area contributed by atoms with Crippen molar-refractivity contribution in [2.45, 2.75) is 78.4 Å². The van der Waals surface area contributed by atoms with Crippen LogP contribution in [0.25, 0.3) is 0 Å². The number of aliphatic hydroxyl groups excluding tert-OH is 1. The number of fused-ring (bicyclic) bond motifs is 1. The first kappa shape index (κ1) is 26.5. The zero-order valence-corrected chi connectivity index (χ0v) is 21.3. The van der Waals surface area contributed by atoms with Crippen LogP contribution in [0, 0.1) is 6.92 Å². The van der Waals surface area contributed by atoms with Crippen molar-refractivity contribution < 1.29 is 19.6 Å². The maximum Gasteiger partial charge on any atom is 0.421 e. The number of carbonyl (C=O) groups excluding carboxylic acids is 1. The Morgan fingerprint density at radius 1 is 1.36 bits per heavy atom. The second-order valence-electron chi connectivity index (χ2n) is 9.64. The van der Waals surface area contributed by atoms with Crippen molar-refractivity contribution in [2.75, 3.05) is 11.4 Å². The average molecular weight is 458 g/mol. The van der Waals surface area contributed by atoms with Gasteiger partial charge in [-0.3, -0.25) is 0 Å². The van der Waals surface area contributed by atoms with Crippen molar-refractivity contribution in [3.05, 3.63) is 35.7 Å². The van der Waals surface area contributed by atoms with Crippen molar-refractivity contribution in [1.29, 1.82) is 0 Å². The molecule has 0 aliphatic carbocycles. The summed E-state index contributed by atoms with van der Waals surface area (Å²) >= 11 is 0. The molecule has 182 valence electrons. The number of hydrogen-bond acceptors (Lipinski definition) is 6. The largest absolute Gasteiger partial charge is 0.547 e. The van der Waals surface area contributed by atoms with E-state index in [0.717, 1.165) is 31.5 Å². The molecular formula is C25H39N5O3. The minimum atomic E-state index is -1.44. The number of carboxylic acids is 1. The summed E-state index contributed by atoms with van der Waals surface area (Å²) in [6, 6.07) is 4.58. The van der Waals surface area contributed by atoms with Gasteiger partial charge in [0.25, 0.3) is 0 Å². The van der Waals surface area contributed by atoms with Gasteiger partial charge in [-0.25, -0.2) is 9.13 Å². The molecular weight excluding hydrogens is 418 g/mol. The smallest absolute Gasteiger partial charge is 0.421 e. The van der Waals surface area contributed by atoms with Crippen molar-refractivity contribution in [1.82, 2.24) is 4.57 Å². The van der Waals surface area contributed by atoms with Crippen LogP contribution in [0.2, 0.25) is 0 Å². The summed E-state index contributed by atoms with van der Waals surface area (Å²) in [5, 5.41) is 26.4. The second kappa shape index (κ2) is 10.9. The maximum absolute atomic E-state index is 9.34. The fourth-order valence-electron chi connectivity index (χ4n) is 4.29. The van der Waals surface area contributed by atoms with Crippen LogP contribution in [0.5, 0.6) is 0 Å². The van der Waals surface area contributed by atoms with E-state index in [4.69, 9.17) is 5.11 Å². The van der Waals surface area contributed by atoms with Gasteiger partial charge in [-0.05, 0) is 69.7 Å². The summed E-state index contributed by atoms with van der Waals surface area (Å²) < 4.78 is 3.96. The van der Waals surface area contributed by atoms with Crippen LogP contribution < -0.4 is 14.6 Å². The summed E-state index contributed by atoms with van der Waals surface area (Å²) in [5.74, 6) is -0.0746. The highest BCUT2D eigenvalue weighted by molar-refractivity contribution is 5.68. The van der Waals surface area contributed by atoms with E-state index < -0.39 is 12.1 Å². The minimum absolute atomic E-state index is 0.188. The van der Waals surface area contributed by atoms with Gasteiger partial charge in [0.05, 0.1) is 38.6 Å². The van der Waals surface area contributed by atoms with E-state index in [9.17, 15) is 9.90 Å². The molecule has 33 heavy (non-hydrogen) atoms. The number of carbonyl (C=O) groups is 1. The normalized spacial score (nSPS) is 18.0. The molecule has 2 aromatic rings. The third-order valence-corrected chi connectivity index (χ3v) is 6.17. The highest BCUT2D eigenvalue weighted by atomic mass is 16.4. The topological polar surface area (TPSA) is 97.1 Å². The Morgan fingerprint density at radius 3 is 2.52 bits per heavy atom. The number of aliphatic carboxylic acids is 1. The molecule has 0 saturated heterocycles. The number of anilines is 1. The summed E-state index contributed by atoms with van der Waals surface area (Å²) in [5.41, 5.74) is 5.13. The fourth-order valence-corrected chi connectivity index (χ4v) is 4.29.